The van der Waals surface area contributed by atoms with Crippen LogP contribution in [0.3, 0.4) is 0 Å². The Morgan fingerprint density at radius 3 is 2.61 bits per heavy atom. The Morgan fingerprint density at radius 2 is 1.91 bits per heavy atom. The Balaban J connectivity index is 2.01. The van der Waals surface area contributed by atoms with Crippen molar-refractivity contribution in [3.8, 4) is 6.07 Å². The third-order valence-electron chi connectivity index (χ3n) is 3.08. The number of nitriles is 1. The van der Waals surface area contributed by atoms with Crippen LogP contribution in [0.25, 0.3) is 0 Å². The Hall–Kier alpha value is -2.69. The molecule has 0 radical (unpaired) electrons. The summed E-state index contributed by atoms with van der Waals surface area (Å²) in [4.78, 5) is 12.0. The summed E-state index contributed by atoms with van der Waals surface area (Å²) in [7, 11) is -3.75. The van der Waals surface area contributed by atoms with Gasteiger partial charge in [0.2, 0.25) is 15.9 Å². The second kappa shape index (κ2) is 7.05. The number of hydrogen-bond acceptors (Lipinski definition) is 4. The molecule has 0 spiro atoms. The summed E-state index contributed by atoms with van der Waals surface area (Å²) >= 11 is 0. The van der Waals surface area contributed by atoms with Gasteiger partial charge >= 0.3 is 0 Å². The van der Waals surface area contributed by atoms with E-state index in [4.69, 9.17) is 5.26 Å². The van der Waals surface area contributed by atoms with Gasteiger partial charge in [-0.2, -0.15) is 5.26 Å². The average molecular weight is 329 g/mol. The summed E-state index contributed by atoms with van der Waals surface area (Å²) < 4.78 is 26.6. The zero-order chi connectivity index (χ0) is 16.9. The first-order valence-corrected chi connectivity index (χ1v) is 8.26. The van der Waals surface area contributed by atoms with Crippen molar-refractivity contribution in [3.05, 3.63) is 59.7 Å². The normalized spacial score (nSPS) is 10.8. The van der Waals surface area contributed by atoms with Crippen LogP contribution in [0.15, 0.2) is 53.4 Å². The number of nitrogens with zero attached hydrogens (tertiary/aromatic N) is 1. The molecular formula is C16H15N3O3S. The quantitative estimate of drug-likeness (QED) is 0.873. The van der Waals surface area contributed by atoms with Crippen molar-refractivity contribution >= 4 is 21.6 Å². The predicted molar refractivity (Wildman–Crippen MR) is 86.2 cm³/mol. The molecule has 0 atom stereocenters. The SMILES string of the molecule is Cc1ccccc1S(=O)(=O)NCC(=O)Nc1cccc(C#N)c1. The first-order valence-electron chi connectivity index (χ1n) is 6.78. The van der Waals surface area contributed by atoms with Crippen LogP contribution in [-0.2, 0) is 14.8 Å². The molecule has 7 heteroatoms. The highest BCUT2D eigenvalue weighted by atomic mass is 32.2. The number of carbonyl (C=O) groups excluding carboxylic acids is 1. The summed E-state index contributed by atoms with van der Waals surface area (Å²) in [6, 6.07) is 14.8. The minimum atomic E-state index is -3.75. The zero-order valence-electron chi connectivity index (χ0n) is 12.4. The molecule has 0 saturated carbocycles. The summed E-state index contributed by atoms with van der Waals surface area (Å²) in [5.41, 5.74) is 1.44. The molecule has 0 unspecified atom stereocenters. The summed E-state index contributed by atoms with van der Waals surface area (Å²) in [6.07, 6.45) is 0. The average Bonchev–Trinajstić information content (AvgIpc) is 2.53. The van der Waals surface area contributed by atoms with Crippen LogP contribution in [0, 0.1) is 18.3 Å². The van der Waals surface area contributed by atoms with E-state index in [1.807, 2.05) is 6.07 Å². The molecule has 0 saturated heterocycles. The van der Waals surface area contributed by atoms with Gasteiger partial charge in [-0.15, -0.1) is 0 Å². The highest BCUT2D eigenvalue weighted by Gasteiger charge is 2.17. The lowest BCUT2D eigenvalue weighted by molar-refractivity contribution is -0.115. The number of benzene rings is 2. The van der Waals surface area contributed by atoms with E-state index in [0.717, 1.165) is 0 Å². The van der Waals surface area contributed by atoms with Crippen molar-refractivity contribution in [3.63, 3.8) is 0 Å². The number of amides is 1. The smallest absolute Gasteiger partial charge is 0.241 e. The van der Waals surface area contributed by atoms with Crippen molar-refractivity contribution in [2.45, 2.75) is 11.8 Å². The van der Waals surface area contributed by atoms with Gasteiger partial charge in [0, 0.05) is 5.69 Å². The number of rotatable bonds is 5. The van der Waals surface area contributed by atoms with Crippen LogP contribution in [-0.4, -0.2) is 20.9 Å². The summed E-state index contributed by atoms with van der Waals surface area (Å²) in [5.74, 6) is -0.516. The fourth-order valence-corrected chi connectivity index (χ4v) is 3.19. The highest BCUT2D eigenvalue weighted by Crippen LogP contribution is 2.13. The molecule has 0 fully saturated rings. The number of hydrogen-bond donors (Lipinski definition) is 2. The van der Waals surface area contributed by atoms with Crippen molar-refractivity contribution in [2.75, 3.05) is 11.9 Å². The summed E-state index contributed by atoms with van der Waals surface area (Å²) in [6.45, 7) is 1.29. The molecule has 0 aromatic heterocycles. The molecule has 23 heavy (non-hydrogen) atoms. The maximum absolute atomic E-state index is 12.2. The van der Waals surface area contributed by atoms with Gasteiger partial charge in [0.15, 0.2) is 0 Å². The van der Waals surface area contributed by atoms with Gasteiger partial charge in [-0.3, -0.25) is 4.79 Å². The van der Waals surface area contributed by atoms with Crippen molar-refractivity contribution < 1.29 is 13.2 Å². The van der Waals surface area contributed by atoms with Crippen molar-refractivity contribution in [2.24, 2.45) is 0 Å². The lowest BCUT2D eigenvalue weighted by Gasteiger charge is -2.09. The molecule has 2 aromatic carbocycles. The lowest BCUT2D eigenvalue weighted by atomic mass is 10.2. The van der Waals surface area contributed by atoms with Crippen LogP contribution in [0.5, 0.6) is 0 Å². The van der Waals surface area contributed by atoms with Gasteiger partial charge in [0.05, 0.1) is 23.1 Å². The number of carbonyl (C=O) groups is 1. The molecule has 0 aliphatic carbocycles. The first kappa shape index (κ1) is 16.7. The maximum Gasteiger partial charge on any atom is 0.241 e. The third kappa shape index (κ3) is 4.39. The van der Waals surface area contributed by atoms with E-state index < -0.39 is 22.5 Å². The van der Waals surface area contributed by atoms with E-state index in [1.54, 1.807) is 43.3 Å². The highest BCUT2D eigenvalue weighted by molar-refractivity contribution is 7.89. The standard InChI is InChI=1S/C16H15N3O3S/c1-12-5-2-3-8-15(12)23(21,22)18-11-16(20)19-14-7-4-6-13(9-14)10-17/h2-9,18H,11H2,1H3,(H,19,20). The van der Waals surface area contributed by atoms with Crippen LogP contribution in [0.2, 0.25) is 0 Å². The van der Waals surface area contributed by atoms with E-state index in [9.17, 15) is 13.2 Å². The first-order chi connectivity index (χ1) is 10.9. The van der Waals surface area contributed by atoms with E-state index in [2.05, 4.69) is 10.0 Å². The number of sulfonamides is 1. The van der Waals surface area contributed by atoms with Crippen LogP contribution < -0.4 is 10.0 Å². The Labute approximate surface area is 134 Å². The largest absolute Gasteiger partial charge is 0.325 e. The van der Waals surface area contributed by atoms with Gasteiger partial charge in [0.25, 0.3) is 0 Å². The van der Waals surface area contributed by atoms with Gasteiger partial charge in [-0.25, -0.2) is 13.1 Å². The molecule has 6 nitrogen and oxygen atoms in total. The second-order valence-corrected chi connectivity index (χ2v) is 6.57. The van der Waals surface area contributed by atoms with Gasteiger partial charge < -0.3 is 5.32 Å². The van der Waals surface area contributed by atoms with Gasteiger partial charge in [-0.1, -0.05) is 24.3 Å². The molecule has 118 valence electrons. The van der Waals surface area contributed by atoms with Gasteiger partial charge in [-0.05, 0) is 36.8 Å². The molecule has 0 aliphatic rings. The van der Waals surface area contributed by atoms with E-state index in [1.165, 1.54) is 12.1 Å². The molecular weight excluding hydrogens is 314 g/mol. The van der Waals surface area contributed by atoms with E-state index >= 15 is 0 Å². The Bertz CT molecular complexity index is 870. The Morgan fingerprint density at radius 1 is 1.17 bits per heavy atom. The molecule has 0 heterocycles. The molecule has 2 N–H and O–H groups in total. The molecule has 2 rings (SSSR count). The van der Waals surface area contributed by atoms with Crippen molar-refractivity contribution in [1.29, 1.82) is 5.26 Å². The van der Waals surface area contributed by atoms with Crippen LogP contribution >= 0.6 is 0 Å². The Kier molecular flexibility index (Phi) is 5.11. The third-order valence-corrected chi connectivity index (χ3v) is 4.64. The molecule has 2 aromatic rings. The zero-order valence-corrected chi connectivity index (χ0v) is 13.2. The molecule has 0 aliphatic heterocycles. The lowest BCUT2D eigenvalue weighted by Crippen LogP contribution is -2.33. The fourth-order valence-electron chi connectivity index (χ4n) is 1.97. The summed E-state index contributed by atoms with van der Waals surface area (Å²) in [5, 5.41) is 11.3. The monoisotopic (exact) mass is 329 g/mol. The topological polar surface area (TPSA) is 99.1 Å². The fraction of sp³-hybridized carbons (Fsp3) is 0.125. The maximum atomic E-state index is 12.2. The molecule has 1 amide bonds. The number of aryl methyl sites for hydroxylation is 1. The van der Waals surface area contributed by atoms with Crippen LogP contribution in [0.1, 0.15) is 11.1 Å². The van der Waals surface area contributed by atoms with E-state index in [-0.39, 0.29) is 4.90 Å². The molecule has 0 bridgehead atoms. The predicted octanol–water partition coefficient (Wildman–Crippen LogP) is 1.78. The van der Waals surface area contributed by atoms with E-state index in [0.29, 0.717) is 16.8 Å². The minimum absolute atomic E-state index is 0.138. The number of nitrogens with one attached hydrogen (secondary N) is 2. The number of anilines is 1. The van der Waals surface area contributed by atoms with Crippen molar-refractivity contribution in [1.82, 2.24) is 4.72 Å². The minimum Gasteiger partial charge on any atom is -0.325 e. The van der Waals surface area contributed by atoms with Crippen LogP contribution in [0.4, 0.5) is 5.69 Å². The van der Waals surface area contributed by atoms with Gasteiger partial charge in [0.1, 0.15) is 0 Å². The second-order valence-electron chi connectivity index (χ2n) is 4.83.